The van der Waals surface area contributed by atoms with Crippen LogP contribution >= 0.6 is 11.6 Å². The number of ether oxygens (including phenoxy) is 3. The van der Waals surface area contributed by atoms with E-state index in [1.165, 1.54) is 0 Å². The summed E-state index contributed by atoms with van der Waals surface area (Å²) in [5.41, 5.74) is -2.85. The predicted molar refractivity (Wildman–Crippen MR) is 112 cm³/mol. The third-order valence-electron chi connectivity index (χ3n) is 4.46. The minimum absolute atomic E-state index is 0.00492. The number of benzene rings is 1. The molecule has 0 saturated heterocycles. The van der Waals surface area contributed by atoms with Crippen molar-refractivity contribution in [3.63, 3.8) is 0 Å². The van der Waals surface area contributed by atoms with Crippen molar-refractivity contribution < 1.29 is 41.8 Å². The third-order valence-corrected chi connectivity index (χ3v) is 4.85. The number of alkyl halides is 4. The molecule has 9 nitrogen and oxygen atoms in total. The summed E-state index contributed by atoms with van der Waals surface area (Å²) < 4.78 is 57.0. The Morgan fingerprint density at radius 2 is 1.91 bits per heavy atom. The number of nitrogens with one attached hydrogen (secondary N) is 1. The Bertz CT molecular complexity index is 954. The minimum atomic E-state index is -4.91. The molecular weight excluding hydrogens is 471 g/mol. The number of hydrazone groups is 1. The summed E-state index contributed by atoms with van der Waals surface area (Å²) in [6.07, 6.45) is -6.91. The average Bonchev–Trinajstić information content (AvgIpc) is 2.72. The Morgan fingerprint density at radius 3 is 2.42 bits per heavy atom. The van der Waals surface area contributed by atoms with Crippen molar-refractivity contribution in [2.24, 2.45) is 5.10 Å². The van der Waals surface area contributed by atoms with Gasteiger partial charge in [-0.2, -0.15) is 23.3 Å². The molecule has 2 atom stereocenters. The van der Waals surface area contributed by atoms with Gasteiger partial charge >= 0.3 is 18.2 Å². The quantitative estimate of drug-likeness (QED) is 0.474. The monoisotopic (exact) mass is 493 g/mol. The minimum Gasteiger partial charge on any atom is -0.465 e. The van der Waals surface area contributed by atoms with E-state index in [1.807, 2.05) is 0 Å². The van der Waals surface area contributed by atoms with Crippen molar-refractivity contribution in [3.8, 4) is 0 Å². The van der Waals surface area contributed by atoms with Crippen LogP contribution in [0.3, 0.4) is 0 Å². The van der Waals surface area contributed by atoms with Crippen LogP contribution in [0.1, 0.15) is 48.7 Å². The lowest BCUT2D eigenvalue weighted by Gasteiger charge is -2.34. The number of halogens is 4. The molecule has 1 aliphatic heterocycles. The zero-order chi connectivity index (χ0) is 24.9. The molecule has 0 aliphatic carbocycles. The Morgan fingerprint density at radius 1 is 1.24 bits per heavy atom. The van der Waals surface area contributed by atoms with Crippen molar-refractivity contribution in [3.05, 3.63) is 28.8 Å². The van der Waals surface area contributed by atoms with Gasteiger partial charge in [0.15, 0.2) is 6.23 Å². The first-order valence-corrected chi connectivity index (χ1v) is 10.3. The highest BCUT2D eigenvalue weighted by Gasteiger charge is 2.41. The topological polar surface area (TPSA) is 107 Å². The molecule has 0 saturated carbocycles. The fraction of sp³-hybridized carbons (Fsp3) is 0.500. The van der Waals surface area contributed by atoms with Crippen molar-refractivity contribution in [2.45, 2.75) is 45.0 Å². The van der Waals surface area contributed by atoms with Crippen LogP contribution in [0.25, 0.3) is 0 Å². The van der Waals surface area contributed by atoms with Crippen LogP contribution in [0.2, 0.25) is 0 Å². The second-order valence-electron chi connectivity index (χ2n) is 6.76. The number of esters is 1. The summed E-state index contributed by atoms with van der Waals surface area (Å²) in [5.74, 6) is -1.69. The predicted octanol–water partition coefficient (Wildman–Crippen LogP) is 3.99. The van der Waals surface area contributed by atoms with Crippen LogP contribution < -0.4 is 5.32 Å². The number of nitrogens with zero attached hydrogens (tertiary/aromatic N) is 2. The number of carbonyl (C=O) groups is 3. The first-order valence-electron chi connectivity index (χ1n) is 9.86. The van der Waals surface area contributed by atoms with Crippen LogP contribution in [0, 0.1) is 0 Å². The van der Waals surface area contributed by atoms with E-state index in [0.717, 1.165) is 25.1 Å². The van der Waals surface area contributed by atoms with Gasteiger partial charge in [-0.1, -0.05) is 0 Å². The maximum atomic E-state index is 14.0. The molecule has 0 spiro atoms. The van der Waals surface area contributed by atoms with Gasteiger partial charge < -0.3 is 19.5 Å². The lowest BCUT2D eigenvalue weighted by Crippen LogP contribution is -2.46. The fourth-order valence-electron chi connectivity index (χ4n) is 3.15. The normalized spacial score (nSPS) is 18.4. The van der Waals surface area contributed by atoms with Gasteiger partial charge in [-0.05, 0) is 26.0 Å². The second kappa shape index (κ2) is 10.8. The molecule has 1 heterocycles. The summed E-state index contributed by atoms with van der Waals surface area (Å²) in [6, 6.07) is 1.47. The molecule has 0 aromatic heterocycles. The summed E-state index contributed by atoms with van der Waals surface area (Å²) in [4.78, 5) is 36.1. The van der Waals surface area contributed by atoms with Crippen molar-refractivity contribution in [1.82, 2.24) is 5.01 Å². The highest BCUT2D eigenvalue weighted by atomic mass is 35.5. The number of hydrogen-bond acceptors (Lipinski definition) is 7. The number of rotatable bonds is 6. The standard InChI is InChI=1S/C20H23ClF3N3O6/c1-5-32-16-9-14(21)17(26-27(16)19(30)33-6-2)11-7-12(18(29)31-4)15(25-10(3)28)8-13(11)20(22,23)24/h7-8,14,16H,5-6,9H2,1-4H3,(H,25,28). The van der Waals surface area contributed by atoms with E-state index >= 15 is 0 Å². The zero-order valence-electron chi connectivity index (χ0n) is 18.3. The van der Waals surface area contributed by atoms with Crippen molar-refractivity contribution in [2.75, 3.05) is 25.6 Å². The van der Waals surface area contributed by atoms with Crippen molar-refractivity contribution in [1.29, 1.82) is 0 Å². The Labute approximate surface area is 192 Å². The molecule has 33 heavy (non-hydrogen) atoms. The number of amides is 2. The summed E-state index contributed by atoms with van der Waals surface area (Å²) >= 11 is 6.36. The van der Waals surface area contributed by atoms with Gasteiger partial charge in [-0.3, -0.25) is 4.79 Å². The van der Waals surface area contributed by atoms with Crippen LogP contribution in [0.15, 0.2) is 17.2 Å². The van der Waals surface area contributed by atoms with E-state index in [1.54, 1.807) is 13.8 Å². The van der Waals surface area contributed by atoms with Crippen LogP contribution in [-0.4, -0.2) is 60.6 Å². The van der Waals surface area contributed by atoms with E-state index < -0.39 is 52.6 Å². The maximum absolute atomic E-state index is 14.0. The SMILES string of the molecule is CCOC(=O)N1N=C(c2cc(C(=O)OC)c(NC(C)=O)cc2C(F)(F)F)C(Cl)CC1OCC. The number of methoxy groups -OCH3 is 1. The first-order chi connectivity index (χ1) is 15.4. The van der Waals surface area contributed by atoms with Crippen molar-refractivity contribution >= 4 is 41.0 Å². The van der Waals surface area contributed by atoms with E-state index in [0.29, 0.717) is 6.07 Å². The van der Waals surface area contributed by atoms with Gasteiger partial charge in [-0.25, -0.2) is 9.59 Å². The van der Waals surface area contributed by atoms with E-state index in [4.69, 9.17) is 21.1 Å². The van der Waals surface area contributed by atoms with Crippen LogP contribution in [-0.2, 0) is 25.2 Å². The average molecular weight is 494 g/mol. The summed E-state index contributed by atoms with van der Waals surface area (Å²) in [7, 11) is 1.04. The molecule has 182 valence electrons. The third kappa shape index (κ3) is 6.14. The Balaban J connectivity index is 2.77. The summed E-state index contributed by atoms with van der Waals surface area (Å²) in [6.45, 7) is 4.47. The van der Waals surface area contributed by atoms with E-state index in [2.05, 4.69) is 15.2 Å². The fourth-order valence-corrected chi connectivity index (χ4v) is 3.46. The van der Waals surface area contributed by atoms with Crippen LogP contribution in [0.5, 0.6) is 0 Å². The molecule has 2 amide bonds. The molecule has 13 heteroatoms. The maximum Gasteiger partial charge on any atom is 0.432 e. The second-order valence-corrected chi connectivity index (χ2v) is 7.28. The van der Waals surface area contributed by atoms with Gasteiger partial charge in [0.2, 0.25) is 5.91 Å². The highest BCUT2D eigenvalue weighted by Crippen LogP contribution is 2.38. The smallest absolute Gasteiger partial charge is 0.432 e. The zero-order valence-corrected chi connectivity index (χ0v) is 19.0. The number of hydrogen-bond donors (Lipinski definition) is 1. The highest BCUT2D eigenvalue weighted by molar-refractivity contribution is 6.35. The number of anilines is 1. The molecule has 1 N–H and O–H groups in total. The largest absolute Gasteiger partial charge is 0.465 e. The van der Waals surface area contributed by atoms with Gasteiger partial charge in [0, 0.05) is 25.5 Å². The van der Waals surface area contributed by atoms with Gasteiger partial charge in [0.1, 0.15) is 0 Å². The molecule has 1 aromatic carbocycles. The van der Waals surface area contributed by atoms with Crippen LogP contribution in [0.4, 0.5) is 23.7 Å². The lowest BCUT2D eigenvalue weighted by atomic mass is 9.94. The van der Waals surface area contributed by atoms with E-state index in [9.17, 15) is 27.6 Å². The van der Waals surface area contributed by atoms with E-state index in [-0.39, 0.29) is 30.9 Å². The van der Waals surface area contributed by atoms with Gasteiger partial charge in [-0.15, -0.1) is 11.6 Å². The number of carbonyl (C=O) groups excluding carboxylic acids is 3. The molecule has 1 aliphatic rings. The molecule has 0 radical (unpaired) electrons. The molecule has 1 aromatic rings. The molecule has 2 rings (SSSR count). The van der Waals surface area contributed by atoms with Gasteiger partial charge in [0.05, 0.1) is 41.6 Å². The van der Waals surface area contributed by atoms with Gasteiger partial charge in [0.25, 0.3) is 0 Å². The molecule has 0 bridgehead atoms. The Kier molecular flexibility index (Phi) is 8.67. The molecule has 2 unspecified atom stereocenters. The summed E-state index contributed by atoms with van der Waals surface area (Å²) in [5, 5.41) is 5.89. The molecule has 0 fully saturated rings. The molecular formula is C20H23ClF3N3O6. The lowest BCUT2D eigenvalue weighted by molar-refractivity contribution is -0.137. The first kappa shape index (κ1) is 26.4. The Hall–Kier alpha value is -2.86.